The fourth-order valence-corrected chi connectivity index (χ4v) is 3.15. The molecule has 0 saturated heterocycles. The molecule has 5 nitrogen and oxygen atoms in total. The van der Waals surface area contributed by atoms with Gasteiger partial charge in [0.15, 0.2) is 4.67 Å². The number of benzene rings is 1. The second-order valence-electron chi connectivity index (χ2n) is 4.37. The third-order valence-corrected chi connectivity index (χ3v) is 6.06. The number of hydrogen-bond acceptors (Lipinski definition) is 4. The van der Waals surface area contributed by atoms with E-state index < -0.39 is 10.0 Å². The highest BCUT2D eigenvalue weighted by Crippen LogP contribution is 2.27. The maximum atomic E-state index is 11.8. The van der Waals surface area contributed by atoms with Crippen LogP contribution in [0.15, 0.2) is 42.7 Å². The SMILES string of the molecule is CNS(=O)(=O)c1ccc(C)c(NCc2cc(Br)c(Br)o2)c1. The van der Waals surface area contributed by atoms with Gasteiger partial charge in [0, 0.05) is 5.69 Å². The molecule has 0 aliphatic carbocycles. The quantitative estimate of drug-likeness (QED) is 0.749. The first-order valence-corrected chi connectivity index (χ1v) is 9.12. The number of rotatable bonds is 5. The van der Waals surface area contributed by atoms with Crippen LogP contribution in [0.1, 0.15) is 11.3 Å². The normalized spacial score (nSPS) is 11.6. The lowest BCUT2D eigenvalue weighted by molar-refractivity contribution is 0.494. The van der Waals surface area contributed by atoms with Crippen molar-refractivity contribution >= 4 is 47.6 Å². The van der Waals surface area contributed by atoms with E-state index in [1.165, 1.54) is 7.05 Å². The molecular weight excluding hydrogens is 424 g/mol. The molecule has 2 rings (SSSR count). The number of furan rings is 1. The summed E-state index contributed by atoms with van der Waals surface area (Å²) in [4.78, 5) is 0.222. The number of anilines is 1. The molecule has 1 aromatic heterocycles. The lowest BCUT2D eigenvalue weighted by atomic mass is 10.2. The zero-order valence-electron chi connectivity index (χ0n) is 11.4. The van der Waals surface area contributed by atoms with Gasteiger partial charge in [-0.2, -0.15) is 0 Å². The van der Waals surface area contributed by atoms with Gasteiger partial charge < -0.3 is 9.73 Å². The molecule has 0 radical (unpaired) electrons. The number of sulfonamides is 1. The van der Waals surface area contributed by atoms with E-state index in [-0.39, 0.29) is 4.90 Å². The molecule has 0 saturated carbocycles. The van der Waals surface area contributed by atoms with Crippen LogP contribution in [0.3, 0.4) is 0 Å². The van der Waals surface area contributed by atoms with Gasteiger partial charge in [-0.1, -0.05) is 6.07 Å². The van der Waals surface area contributed by atoms with Gasteiger partial charge in [0.05, 0.1) is 15.9 Å². The van der Waals surface area contributed by atoms with Crippen molar-refractivity contribution in [2.24, 2.45) is 0 Å². The topological polar surface area (TPSA) is 71.3 Å². The van der Waals surface area contributed by atoms with Gasteiger partial charge in [0.2, 0.25) is 10.0 Å². The molecule has 0 unspecified atom stereocenters. The zero-order chi connectivity index (χ0) is 15.6. The molecule has 8 heteroatoms. The molecule has 2 aromatic rings. The Morgan fingerprint density at radius 3 is 2.52 bits per heavy atom. The molecule has 0 bridgehead atoms. The molecule has 114 valence electrons. The van der Waals surface area contributed by atoms with E-state index in [0.717, 1.165) is 21.5 Å². The number of nitrogens with one attached hydrogen (secondary N) is 2. The Morgan fingerprint density at radius 1 is 1.24 bits per heavy atom. The molecule has 1 aromatic carbocycles. The number of hydrogen-bond donors (Lipinski definition) is 2. The first-order chi connectivity index (χ1) is 9.83. The van der Waals surface area contributed by atoms with E-state index in [9.17, 15) is 8.42 Å². The minimum absolute atomic E-state index is 0.222. The molecular formula is C13H14Br2N2O3S. The van der Waals surface area contributed by atoms with Gasteiger partial charge in [-0.05, 0) is 69.6 Å². The van der Waals surface area contributed by atoms with Crippen LogP contribution in [0.25, 0.3) is 0 Å². The lowest BCUT2D eigenvalue weighted by Crippen LogP contribution is -2.18. The Morgan fingerprint density at radius 2 is 1.95 bits per heavy atom. The lowest BCUT2D eigenvalue weighted by Gasteiger charge is -2.10. The Bertz CT molecular complexity index is 737. The van der Waals surface area contributed by atoms with Crippen molar-refractivity contribution in [1.82, 2.24) is 4.72 Å². The van der Waals surface area contributed by atoms with Crippen LogP contribution in [0.5, 0.6) is 0 Å². The highest BCUT2D eigenvalue weighted by molar-refractivity contribution is 9.13. The first kappa shape index (κ1) is 16.5. The van der Waals surface area contributed by atoms with Gasteiger partial charge in [-0.25, -0.2) is 13.1 Å². The van der Waals surface area contributed by atoms with Crippen LogP contribution in [-0.2, 0) is 16.6 Å². The van der Waals surface area contributed by atoms with Gasteiger partial charge in [0.25, 0.3) is 0 Å². The van der Waals surface area contributed by atoms with E-state index in [4.69, 9.17) is 4.42 Å². The standard InChI is InChI=1S/C13H14Br2N2O3S/c1-8-3-4-10(21(18,19)16-2)6-12(8)17-7-9-5-11(14)13(15)20-9/h3-6,16-17H,7H2,1-2H3. The number of aryl methyl sites for hydroxylation is 1. The largest absolute Gasteiger partial charge is 0.451 e. The summed E-state index contributed by atoms with van der Waals surface area (Å²) in [7, 11) is -2.06. The van der Waals surface area contributed by atoms with Gasteiger partial charge in [0.1, 0.15) is 5.76 Å². The second-order valence-corrected chi connectivity index (χ2v) is 7.83. The molecule has 21 heavy (non-hydrogen) atoms. The summed E-state index contributed by atoms with van der Waals surface area (Å²) < 4.78 is 32.9. The van der Waals surface area contributed by atoms with Crippen molar-refractivity contribution in [1.29, 1.82) is 0 Å². The van der Waals surface area contributed by atoms with Crippen molar-refractivity contribution in [3.63, 3.8) is 0 Å². The molecule has 2 N–H and O–H groups in total. The van der Waals surface area contributed by atoms with Crippen LogP contribution in [0, 0.1) is 6.92 Å². The average Bonchev–Trinajstić information content (AvgIpc) is 2.76. The van der Waals surface area contributed by atoms with Gasteiger partial charge in [-0.15, -0.1) is 0 Å². The molecule has 0 amide bonds. The third-order valence-electron chi connectivity index (χ3n) is 2.94. The van der Waals surface area contributed by atoms with Crippen LogP contribution in [0.2, 0.25) is 0 Å². The van der Waals surface area contributed by atoms with Gasteiger partial charge >= 0.3 is 0 Å². The summed E-state index contributed by atoms with van der Waals surface area (Å²) >= 11 is 6.62. The highest BCUT2D eigenvalue weighted by Gasteiger charge is 2.13. The summed E-state index contributed by atoms with van der Waals surface area (Å²) in [6, 6.07) is 6.79. The van der Waals surface area contributed by atoms with Crippen molar-refractivity contribution in [2.75, 3.05) is 12.4 Å². The average molecular weight is 438 g/mol. The van der Waals surface area contributed by atoms with Crippen molar-refractivity contribution in [3.05, 3.63) is 44.7 Å². The Labute approximate surface area is 140 Å². The predicted octanol–water partition coefficient (Wildman–Crippen LogP) is 3.63. The summed E-state index contributed by atoms with van der Waals surface area (Å²) in [6.45, 7) is 2.36. The molecule has 0 aliphatic heterocycles. The van der Waals surface area contributed by atoms with Crippen LogP contribution >= 0.6 is 31.9 Å². The minimum Gasteiger partial charge on any atom is -0.451 e. The molecule has 1 heterocycles. The van der Waals surface area contributed by atoms with E-state index >= 15 is 0 Å². The predicted molar refractivity (Wildman–Crippen MR) is 88.9 cm³/mol. The van der Waals surface area contributed by atoms with Crippen LogP contribution in [0.4, 0.5) is 5.69 Å². The van der Waals surface area contributed by atoms with E-state index in [1.807, 2.05) is 13.0 Å². The van der Waals surface area contributed by atoms with Crippen molar-refractivity contribution in [2.45, 2.75) is 18.4 Å². The minimum atomic E-state index is -3.45. The summed E-state index contributed by atoms with van der Waals surface area (Å²) in [5.74, 6) is 0.732. The Hall–Kier alpha value is -0.830. The zero-order valence-corrected chi connectivity index (χ0v) is 15.4. The molecule has 0 atom stereocenters. The second kappa shape index (κ2) is 6.51. The summed E-state index contributed by atoms with van der Waals surface area (Å²) in [5.41, 5.74) is 1.70. The van der Waals surface area contributed by atoms with Crippen molar-refractivity contribution in [3.8, 4) is 0 Å². The molecule has 0 aliphatic rings. The van der Waals surface area contributed by atoms with E-state index in [0.29, 0.717) is 11.2 Å². The highest BCUT2D eigenvalue weighted by atomic mass is 79.9. The van der Waals surface area contributed by atoms with Crippen LogP contribution < -0.4 is 10.0 Å². The maximum Gasteiger partial charge on any atom is 0.240 e. The third kappa shape index (κ3) is 3.88. The smallest absolute Gasteiger partial charge is 0.240 e. The van der Waals surface area contributed by atoms with Crippen LogP contribution in [-0.4, -0.2) is 15.5 Å². The van der Waals surface area contributed by atoms with Crippen molar-refractivity contribution < 1.29 is 12.8 Å². The molecule has 0 fully saturated rings. The Kier molecular flexibility index (Phi) is 5.13. The van der Waals surface area contributed by atoms with E-state index in [1.54, 1.807) is 18.2 Å². The maximum absolute atomic E-state index is 11.8. The summed E-state index contributed by atoms with van der Waals surface area (Å²) in [6.07, 6.45) is 0. The molecule has 0 spiro atoms. The fraction of sp³-hybridized carbons (Fsp3) is 0.231. The summed E-state index contributed by atoms with van der Waals surface area (Å²) in [5, 5.41) is 3.18. The first-order valence-electron chi connectivity index (χ1n) is 6.05. The van der Waals surface area contributed by atoms with E-state index in [2.05, 4.69) is 41.9 Å². The fourth-order valence-electron chi connectivity index (χ4n) is 1.74. The van der Waals surface area contributed by atoms with Gasteiger partial charge in [-0.3, -0.25) is 0 Å². The number of halogens is 2. The Balaban J connectivity index is 2.21. The monoisotopic (exact) mass is 436 g/mol.